The Morgan fingerprint density at radius 3 is 2.46 bits per heavy atom. The van der Waals surface area contributed by atoms with Crippen LogP contribution in [0.1, 0.15) is 81.2 Å². The number of rotatable bonds is 4. The van der Waals surface area contributed by atoms with Crippen LogP contribution in [0.2, 0.25) is 0 Å². The van der Waals surface area contributed by atoms with Crippen LogP contribution >= 0.6 is 0 Å². The van der Waals surface area contributed by atoms with E-state index in [4.69, 9.17) is 4.99 Å². The molecule has 0 radical (unpaired) electrons. The van der Waals surface area contributed by atoms with E-state index in [-0.39, 0.29) is 11.5 Å². The molecule has 2 aromatic rings. The van der Waals surface area contributed by atoms with Crippen molar-refractivity contribution in [1.29, 1.82) is 0 Å². The molecule has 148 valence electrons. The summed E-state index contributed by atoms with van der Waals surface area (Å²) in [7, 11) is 0. The highest BCUT2D eigenvalue weighted by molar-refractivity contribution is 5.81. The summed E-state index contributed by atoms with van der Waals surface area (Å²) in [6.07, 6.45) is 5.76. The van der Waals surface area contributed by atoms with Crippen molar-refractivity contribution in [3.8, 4) is 5.75 Å². The number of benzene rings is 2. The molecule has 0 unspecified atom stereocenters. The Morgan fingerprint density at radius 2 is 1.86 bits per heavy atom. The molecule has 0 aliphatic heterocycles. The predicted molar refractivity (Wildman–Crippen MR) is 117 cm³/mol. The largest absolute Gasteiger partial charge is 0.507 e. The van der Waals surface area contributed by atoms with Gasteiger partial charge in [0.2, 0.25) is 0 Å². The zero-order chi connectivity index (χ0) is 20.1. The highest BCUT2D eigenvalue weighted by Crippen LogP contribution is 2.71. The third-order valence-electron chi connectivity index (χ3n) is 8.25. The van der Waals surface area contributed by atoms with Gasteiger partial charge in [0.15, 0.2) is 0 Å². The van der Waals surface area contributed by atoms with Gasteiger partial charge in [-0.2, -0.15) is 0 Å². The quantitative estimate of drug-likeness (QED) is 0.585. The summed E-state index contributed by atoms with van der Waals surface area (Å²) in [5, 5.41) is 10.9. The van der Waals surface area contributed by atoms with Gasteiger partial charge in [-0.05, 0) is 90.2 Å². The van der Waals surface area contributed by atoms with E-state index in [0.29, 0.717) is 17.1 Å². The van der Waals surface area contributed by atoms with Gasteiger partial charge < -0.3 is 5.11 Å². The van der Waals surface area contributed by atoms with Crippen molar-refractivity contribution in [3.63, 3.8) is 0 Å². The highest BCUT2D eigenvalue weighted by atomic mass is 16.3. The molecule has 2 aliphatic carbocycles. The molecular formula is C26H33NO. The Kier molecular flexibility index (Phi) is 4.64. The van der Waals surface area contributed by atoms with E-state index in [1.165, 1.54) is 24.8 Å². The Bertz CT molecular complexity index is 898. The highest BCUT2D eigenvalue weighted by Gasteiger charge is 2.61. The molecule has 0 saturated heterocycles. The molecule has 4 atom stereocenters. The first-order valence-electron chi connectivity index (χ1n) is 10.7. The van der Waals surface area contributed by atoms with Gasteiger partial charge in [-0.15, -0.1) is 0 Å². The Hall–Kier alpha value is -2.09. The van der Waals surface area contributed by atoms with Crippen LogP contribution in [0, 0.1) is 23.7 Å². The molecule has 2 aliphatic rings. The lowest BCUT2D eigenvalue weighted by atomic mass is 9.64. The number of aromatic hydroxyl groups is 1. The normalized spacial score (nSPS) is 29.5. The number of nitrogens with zero attached hydrogens (tertiary/aromatic N) is 1. The van der Waals surface area contributed by atoms with E-state index in [1.807, 2.05) is 19.2 Å². The number of aryl methyl sites for hydroxylation is 1. The number of aliphatic imine (C=N–C) groups is 1. The lowest BCUT2D eigenvalue weighted by Gasteiger charge is -2.40. The van der Waals surface area contributed by atoms with Gasteiger partial charge in [-0.25, -0.2) is 0 Å². The van der Waals surface area contributed by atoms with Gasteiger partial charge in [0.25, 0.3) is 0 Å². The Labute approximate surface area is 169 Å². The van der Waals surface area contributed by atoms with E-state index < -0.39 is 0 Å². The maximum atomic E-state index is 10.9. The number of phenolic OH excluding ortho intramolecular Hbond substituents is 1. The molecule has 2 fully saturated rings. The molecule has 1 N–H and O–H groups in total. The van der Waals surface area contributed by atoms with E-state index in [0.717, 1.165) is 22.6 Å². The van der Waals surface area contributed by atoms with Gasteiger partial charge in [0.05, 0.1) is 6.04 Å². The second-order valence-corrected chi connectivity index (χ2v) is 9.80. The standard InChI is InChI=1S/C26H33NO/c1-17-13-19(16-27-18(2)20-9-7-6-8-10-20)14-22(24(17)28)23-15-21-11-12-26(23,5)25(21,3)4/h6-10,13-14,16,18,21,23,28H,11-12,15H2,1-5H3/t18-,21-,23+,26+/m1/s1. The van der Waals surface area contributed by atoms with Gasteiger partial charge >= 0.3 is 0 Å². The minimum absolute atomic E-state index is 0.123. The molecular weight excluding hydrogens is 342 g/mol. The molecule has 4 rings (SSSR count). The molecule has 0 amide bonds. The Morgan fingerprint density at radius 1 is 1.14 bits per heavy atom. The van der Waals surface area contributed by atoms with E-state index in [2.05, 4.69) is 64.1 Å². The smallest absolute Gasteiger partial charge is 0.122 e. The fraction of sp³-hybridized carbons (Fsp3) is 0.500. The average molecular weight is 376 g/mol. The number of hydrogen-bond acceptors (Lipinski definition) is 2. The summed E-state index contributed by atoms with van der Waals surface area (Å²) in [5.41, 5.74) is 5.00. The van der Waals surface area contributed by atoms with Crippen LogP contribution < -0.4 is 0 Å². The van der Waals surface area contributed by atoms with Crippen molar-refractivity contribution in [2.24, 2.45) is 21.7 Å². The van der Waals surface area contributed by atoms with Crippen LogP contribution in [-0.4, -0.2) is 11.3 Å². The summed E-state index contributed by atoms with van der Waals surface area (Å²) in [6, 6.07) is 14.8. The molecule has 28 heavy (non-hydrogen) atoms. The third-order valence-corrected chi connectivity index (χ3v) is 8.25. The van der Waals surface area contributed by atoms with E-state index in [9.17, 15) is 5.11 Å². The minimum Gasteiger partial charge on any atom is -0.507 e. The topological polar surface area (TPSA) is 32.6 Å². The van der Waals surface area contributed by atoms with Crippen LogP contribution in [-0.2, 0) is 0 Å². The van der Waals surface area contributed by atoms with Crippen molar-refractivity contribution in [2.75, 3.05) is 0 Å². The van der Waals surface area contributed by atoms with Crippen LogP contribution in [0.4, 0.5) is 0 Å². The molecule has 2 aromatic carbocycles. The fourth-order valence-corrected chi connectivity index (χ4v) is 5.87. The van der Waals surface area contributed by atoms with Crippen molar-refractivity contribution in [1.82, 2.24) is 0 Å². The van der Waals surface area contributed by atoms with Gasteiger partial charge in [0.1, 0.15) is 5.75 Å². The lowest BCUT2D eigenvalue weighted by Crippen LogP contribution is -2.31. The molecule has 2 saturated carbocycles. The zero-order valence-corrected chi connectivity index (χ0v) is 17.9. The summed E-state index contributed by atoms with van der Waals surface area (Å²) in [6.45, 7) is 11.4. The van der Waals surface area contributed by atoms with Crippen LogP contribution in [0.3, 0.4) is 0 Å². The first kappa shape index (κ1) is 19.2. The van der Waals surface area contributed by atoms with Gasteiger partial charge in [-0.1, -0.05) is 51.1 Å². The first-order chi connectivity index (χ1) is 13.2. The maximum absolute atomic E-state index is 10.9. The maximum Gasteiger partial charge on any atom is 0.122 e. The summed E-state index contributed by atoms with van der Waals surface area (Å²) in [4.78, 5) is 4.79. The van der Waals surface area contributed by atoms with Crippen LogP contribution in [0.25, 0.3) is 0 Å². The molecule has 0 spiro atoms. The minimum atomic E-state index is 0.123. The second-order valence-electron chi connectivity index (χ2n) is 9.80. The molecule has 2 bridgehead atoms. The van der Waals surface area contributed by atoms with E-state index in [1.54, 1.807) is 0 Å². The summed E-state index contributed by atoms with van der Waals surface area (Å²) >= 11 is 0. The number of fused-ring (bicyclic) bond motifs is 2. The SMILES string of the molecule is Cc1cc(C=N[C@H](C)c2ccccc2)cc([C@@H]2C[C@H]3CC[C@]2(C)C3(C)C)c1O. The average Bonchev–Trinajstić information content (AvgIpc) is 3.02. The predicted octanol–water partition coefficient (Wildman–Crippen LogP) is 6.81. The van der Waals surface area contributed by atoms with E-state index >= 15 is 0 Å². The summed E-state index contributed by atoms with van der Waals surface area (Å²) < 4.78 is 0. The van der Waals surface area contributed by atoms with Crippen LogP contribution in [0.15, 0.2) is 47.5 Å². The molecule has 2 nitrogen and oxygen atoms in total. The second kappa shape index (κ2) is 6.76. The molecule has 0 aromatic heterocycles. The monoisotopic (exact) mass is 375 g/mol. The first-order valence-corrected chi connectivity index (χ1v) is 10.7. The van der Waals surface area contributed by atoms with Crippen molar-refractivity contribution in [3.05, 3.63) is 64.7 Å². The third kappa shape index (κ3) is 2.89. The number of hydrogen-bond donors (Lipinski definition) is 1. The van der Waals surface area contributed by atoms with Crippen molar-refractivity contribution >= 4 is 6.21 Å². The molecule has 0 heterocycles. The Balaban J connectivity index is 1.66. The lowest BCUT2D eigenvalue weighted by molar-refractivity contribution is 0.133. The van der Waals surface area contributed by atoms with Crippen molar-refractivity contribution in [2.45, 2.75) is 65.8 Å². The van der Waals surface area contributed by atoms with Crippen molar-refractivity contribution < 1.29 is 5.11 Å². The van der Waals surface area contributed by atoms with Gasteiger partial charge in [-0.3, -0.25) is 4.99 Å². The van der Waals surface area contributed by atoms with Gasteiger partial charge in [0, 0.05) is 6.21 Å². The number of phenols is 1. The zero-order valence-electron chi connectivity index (χ0n) is 17.9. The molecule has 2 heteroatoms. The fourth-order valence-electron chi connectivity index (χ4n) is 5.87. The summed E-state index contributed by atoms with van der Waals surface area (Å²) in [5.74, 6) is 1.68. The van der Waals surface area contributed by atoms with Crippen LogP contribution in [0.5, 0.6) is 5.75 Å².